The molecule has 0 atom stereocenters. The number of rotatable bonds is 7. The second-order valence-electron chi connectivity index (χ2n) is 5.88. The van der Waals surface area contributed by atoms with Crippen molar-refractivity contribution in [2.45, 2.75) is 65.0 Å². The van der Waals surface area contributed by atoms with E-state index in [9.17, 15) is 0 Å². The Labute approximate surface area is 125 Å². The fourth-order valence-electron chi connectivity index (χ4n) is 3.31. The summed E-state index contributed by atoms with van der Waals surface area (Å²) < 4.78 is 0. The van der Waals surface area contributed by atoms with Crippen molar-refractivity contribution >= 4 is 12.5 Å². The standard InChI is InChI=1S/C18H28BN/c1-3-15-19(16-4-2)20(17-11-7-5-8-12-17)18-13-9-6-10-14-18/h5,7-8,11-13H,3-4,6,9-10,14-16H2,1-2H3. The summed E-state index contributed by atoms with van der Waals surface area (Å²) in [5, 5.41) is 0. The number of benzene rings is 1. The minimum absolute atomic E-state index is 0.664. The third-order valence-corrected chi connectivity index (χ3v) is 4.22. The minimum Gasteiger partial charge on any atom is -0.390 e. The van der Waals surface area contributed by atoms with Crippen molar-refractivity contribution in [1.82, 2.24) is 0 Å². The smallest absolute Gasteiger partial charge is 0.260 e. The van der Waals surface area contributed by atoms with Crippen LogP contribution < -0.4 is 4.81 Å². The van der Waals surface area contributed by atoms with Crippen LogP contribution in [0.15, 0.2) is 42.1 Å². The molecule has 0 heterocycles. The van der Waals surface area contributed by atoms with Crippen LogP contribution >= 0.6 is 0 Å². The number of nitrogens with zero attached hydrogens (tertiary/aromatic N) is 1. The van der Waals surface area contributed by atoms with Gasteiger partial charge in [-0.2, -0.15) is 0 Å². The van der Waals surface area contributed by atoms with Gasteiger partial charge in [-0.25, -0.2) is 0 Å². The van der Waals surface area contributed by atoms with E-state index in [2.05, 4.69) is 55.1 Å². The van der Waals surface area contributed by atoms with E-state index >= 15 is 0 Å². The summed E-state index contributed by atoms with van der Waals surface area (Å²) in [5.41, 5.74) is 2.95. The average Bonchev–Trinajstić information content (AvgIpc) is 2.50. The maximum Gasteiger partial charge on any atom is 0.260 e. The van der Waals surface area contributed by atoms with Crippen LogP contribution in [0.25, 0.3) is 0 Å². The second-order valence-corrected chi connectivity index (χ2v) is 5.88. The molecule has 0 N–H and O–H groups in total. The molecule has 0 aliphatic heterocycles. The SMILES string of the molecule is CCCB(CCC)N(C1=CCCCC1)c1ccccc1. The highest BCUT2D eigenvalue weighted by Crippen LogP contribution is 2.30. The maximum absolute atomic E-state index is 2.64. The van der Waals surface area contributed by atoms with E-state index in [1.807, 2.05) is 0 Å². The van der Waals surface area contributed by atoms with E-state index in [1.165, 1.54) is 56.9 Å². The van der Waals surface area contributed by atoms with Crippen LogP contribution in [0, 0.1) is 0 Å². The fourth-order valence-corrected chi connectivity index (χ4v) is 3.31. The summed E-state index contributed by atoms with van der Waals surface area (Å²) >= 11 is 0. The van der Waals surface area contributed by atoms with Crippen LogP contribution in [0.5, 0.6) is 0 Å². The summed E-state index contributed by atoms with van der Waals surface area (Å²) in [6.45, 7) is 5.28. The van der Waals surface area contributed by atoms with Gasteiger partial charge in [0, 0.05) is 11.4 Å². The largest absolute Gasteiger partial charge is 0.390 e. The molecule has 0 fully saturated rings. The van der Waals surface area contributed by atoms with Crippen molar-refractivity contribution in [1.29, 1.82) is 0 Å². The van der Waals surface area contributed by atoms with Crippen LogP contribution in [0.3, 0.4) is 0 Å². The highest BCUT2D eigenvalue weighted by Gasteiger charge is 2.25. The second kappa shape index (κ2) is 8.19. The molecule has 0 saturated heterocycles. The lowest BCUT2D eigenvalue weighted by Crippen LogP contribution is -2.39. The molecule has 1 nitrogen and oxygen atoms in total. The molecule has 0 unspecified atom stereocenters. The van der Waals surface area contributed by atoms with Gasteiger partial charge in [0.05, 0.1) is 0 Å². The van der Waals surface area contributed by atoms with Gasteiger partial charge in [0.2, 0.25) is 0 Å². The Balaban J connectivity index is 2.29. The van der Waals surface area contributed by atoms with Gasteiger partial charge in [-0.05, 0) is 37.8 Å². The Morgan fingerprint density at radius 3 is 2.25 bits per heavy atom. The highest BCUT2D eigenvalue weighted by molar-refractivity contribution is 6.64. The lowest BCUT2D eigenvalue weighted by molar-refractivity contribution is 0.693. The quantitative estimate of drug-likeness (QED) is 0.568. The molecule has 2 heteroatoms. The molecule has 20 heavy (non-hydrogen) atoms. The number of allylic oxidation sites excluding steroid dienone is 2. The fraction of sp³-hybridized carbons (Fsp3) is 0.556. The Kier molecular flexibility index (Phi) is 6.23. The first-order valence-corrected chi connectivity index (χ1v) is 8.40. The van der Waals surface area contributed by atoms with Gasteiger partial charge in [-0.15, -0.1) is 0 Å². The van der Waals surface area contributed by atoms with Crippen molar-refractivity contribution in [3.05, 3.63) is 42.1 Å². The third-order valence-electron chi connectivity index (χ3n) is 4.22. The Hall–Kier alpha value is -1.18. The maximum atomic E-state index is 2.64. The van der Waals surface area contributed by atoms with E-state index in [4.69, 9.17) is 0 Å². The van der Waals surface area contributed by atoms with Crippen molar-refractivity contribution in [2.24, 2.45) is 0 Å². The highest BCUT2D eigenvalue weighted by atomic mass is 15.1. The predicted octanol–water partition coefficient (Wildman–Crippen LogP) is 5.76. The van der Waals surface area contributed by atoms with Gasteiger partial charge in [0.1, 0.15) is 0 Å². The Morgan fingerprint density at radius 2 is 1.70 bits per heavy atom. The molecular weight excluding hydrogens is 241 g/mol. The zero-order valence-corrected chi connectivity index (χ0v) is 13.1. The summed E-state index contributed by atoms with van der Waals surface area (Å²) in [6, 6.07) is 11.0. The number of anilines is 1. The normalized spacial score (nSPS) is 14.8. The van der Waals surface area contributed by atoms with Crippen molar-refractivity contribution in [3.8, 4) is 0 Å². The molecule has 0 spiro atoms. The van der Waals surface area contributed by atoms with E-state index < -0.39 is 0 Å². The molecule has 0 amide bonds. The molecule has 2 rings (SSSR count). The van der Waals surface area contributed by atoms with Crippen LogP contribution in [0.4, 0.5) is 5.69 Å². The number of hydrogen-bond donors (Lipinski definition) is 0. The third kappa shape index (κ3) is 3.91. The molecular formula is C18H28BN. The molecule has 1 aliphatic carbocycles. The number of para-hydroxylation sites is 1. The summed E-state index contributed by atoms with van der Waals surface area (Å²) in [4.78, 5) is 2.64. The van der Waals surface area contributed by atoms with Crippen molar-refractivity contribution in [3.63, 3.8) is 0 Å². The van der Waals surface area contributed by atoms with Crippen LogP contribution in [-0.2, 0) is 0 Å². The van der Waals surface area contributed by atoms with Crippen LogP contribution in [-0.4, -0.2) is 6.85 Å². The van der Waals surface area contributed by atoms with E-state index in [0.29, 0.717) is 6.85 Å². The molecule has 1 aromatic rings. The summed E-state index contributed by atoms with van der Waals surface area (Å²) in [5.74, 6) is 0. The number of hydrogen-bond acceptors (Lipinski definition) is 1. The summed E-state index contributed by atoms with van der Waals surface area (Å²) in [7, 11) is 0. The zero-order chi connectivity index (χ0) is 14.2. The van der Waals surface area contributed by atoms with E-state index in [0.717, 1.165) is 0 Å². The Morgan fingerprint density at radius 1 is 1.00 bits per heavy atom. The first-order valence-electron chi connectivity index (χ1n) is 8.40. The molecule has 0 bridgehead atoms. The van der Waals surface area contributed by atoms with Gasteiger partial charge in [-0.1, -0.05) is 63.6 Å². The van der Waals surface area contributed by atoms with Crippen LogP contribution in [0.1, 0.15) is 52.4 Å². The molecule has 108 valence electrons. The zero-order valence-electron chi connectivity index (χ0n) is 13.1. The van der Waals surface area contributed by atoms with E-state index in [1.54, 1.807) is 5.70 Å². The minimum atomic E-state index is 0.664. The summed E-state index contributed by atoms with van der Waals surface area (Å²) in [6.07, 6.45) is 12.8. The van der Waals surface area contributed by atoms with Crippen molar-refractivity contribution < 1.29 is 0 Å². The topological polar surface area (TPSA) is 3.24 Å². The van der Waals surface area contributed by atoms with Gasteiger partial charge < -0.3 is 4.81 Å². The van der Waals surface area contributed by atoms with E-state index in [-0.39, 0.29) is 0 Å². The van der Waals surface area contributed by atoms with Gasteiger partial charge in [0.15, 0.2) is 0 Å². The first-order chi connectivity index (χ1) is 9.86. The molecule has 1 aliphatic rings. The molecule has 0 radical (unpaired) electrons. The average molecular weight is 269 g/mol. The predicted molar refractivity (Wildman–Crippen MR) is 91.4 cm³/mol. The van der Waals surface area contributed by atoms with Gasteiger partial charge in [-0.3, -0.25) is 0 Å². The van der Waals surface area contributed by atoms with Gasteiger partial charge >= 0.3 is 0 Å². The molecule has 1 aromatic carbocycles. The first kappa shape index (κ1) is 15.2. The lowest BCUT2D eigenvalue weighted by atomic mass is 9.52. The van der Waals surface area contributed by atoms with Crippen LogP contribution in [0.2, 0.25) is 12.6 Å². The molecule has 0 aromatic heterocycles. The van der Waals surface area contributed by atoms with Crippen molar-refractivity contribution in [2.75, 3.05) is 4.81 Å². The molecule has 0 saturated carbocycles. The lowest BCUT2D eigenvalue weighted by Gasteiger charge is -2.35. The monoisotopic (exact) mass is 269 g/mol. The Bertz CT molecular complexity index is 407. The van der Waals surface area contributed by atoms with Gasteiger partial charge in [0.25, 0.3) is 6.85 Å².